The van der Waals surface area contributed by atoms with E-state index >= 15 is 0 Å². The fraction of sp³-hybridized carbons (Fsp3) is 0.500. The van der Waals surface area contributed by atoms with Crippen LogP contribution in [0.3, 0.4) is 0 Å². The molecule has 1 aliphatic heterocycles. The minimum atomic E-state index is -0.281. The van der Waals surface area contributed by atoms with Crippen molar-refractivity contribution in [1.82, 2.24) is 10.2 Å². The van der Waals surface area contributed by atoms with Crippen LogP contribution in [0.2, 0.25) is 0 Å². The lowest BCUT2D eigenvalue weighted by molar-refractivity contribution is -0.131. The molecular formula is C16H21N3O2. The van der Waals surface area contributed by atoms with Crippen LogP contribution in [0, 0.1) is 0 Å². The number of hydrogen-bond acceptors (Lipinski definition) is 3. The molecule has 21 heavy (non-hydrogen) atoms. The average Bonchev–Trinajstić information content (AvgIpc) is 3.33. The number of hydrogen-bond donors (Lipinski definition) is 1. The van der Waals surface area contributed by atoms with Gasteiger partial charge >= 0.3 is 0 Å². The fourth-order valence-electron chi connectivity index (χ4n) is 2.70. The van der Waals surface area contributed by atoms with Crippen molar-refractivity contribution >= 4 is 17.5 Å². The fourth-order valence-corrected chi connectivity index (χ4v) is 2.70. The summed E-state index contributed by atoms with van der Waals surface area (Å²) in [4.78, 5) is 28.3. The molecule has 1 aromatic carbocycles. The Morgan fingerprint density at radius 2 is 2.10 bits per heavy atom. The summed E-state index contributed by atoms with van der Waals surface area (Å²) in [5, 5.41) is 3.20. The zero-order valence-corrected chi connectivity index (χ0v) is 12.5. The van der Waals surface area contributed by atoms with Crippen molar-refractivity contribution in [2.24, 2.45) is 0 Å². The van der Waals surface area contributed by atoms with E-state index in [2.05, 4.69) is 5.32 Å². The standard InChI is InChI=1S/C16H21N3O2/c1-11-16(21)19(10-15(20)18(2)13-7-8-13)14-6-4-3-5-12(14)9-17-11/h3-6,11,13,17H,7-10H2,1-2H3. The van der Waals surface area contributed by atoms with Crippen LogP contribution in [0.15, 0.2) is 24.3 Å². The molecule has 0 radical (unpaired) electrons. The van der Waals surface area contributed by atoms with Crippen LogP contribution < -0.4 is 10.2 Å². The van der Waals surface area contributed by atoms with Crippen molar-refractivity contribution in [3.05, 3.63) is 29.8 Å². The molecular weight excluding hydrogens is 266 g/mol. The Bertz CT molecular complexity index is 568. The van der Waals surface area contributed by atoms with E-state index in [1.54, 1.807) is 9.80 Å². The Hall–Kier alpha value is -1.88. The third-order valence-corrected chi connectivity index (χ3v) is 4.30. The number of carbonyl (C=O) groups is 2. The van der Waals surface area contributed by atoms with Gasteiger partial charge in [0.15, 0.2) is 0 Å². The third kappa shape index (κ3) is 2.78. The van der Waals surface area contributed by atoms with E-state index < -0.39 is 0 Å². The van der Waals surface area contributed by atoms with E-state index in [4.69, 9.17) is 0 Å². The highest BCUT2D eigenvalue weighted by atomic mass is 16.2. The summed E-state index contributed by atoms with van der Waals surface area (Å²) in [6.45, 7) is 2.61. The first-order valence-electron chi connectivity index (χ1n) is 7.46. The van der Waals surface area contributed by atoms with Crippen LogP contribution in [0.4, 0.5) is 5.69 Å². The van der Waals surface area contributed by atoms with E-state index in [0.717, 1.165) is 24.1 Å². The Balaban J connectivity index is 1.86. The second-order valence-corrected chi connectivity index (χ2v) is 5.89. The minimum absolute atomic E-state index is 0.00903. The van der Waals surface area contributed by atoms with Crippen LogP contribution in [-0.2, 0) is 16.1 Å². The summed E-state index contributed by atoms with van der Waals surface area (Å²) in [6.07, 6.45) is 2.15. The maximum absolute atomic E-state index is 12.5. The Kier molecular flexibility index (Phi) is 3.68. The van der Waals surface area contributed by atoms with Crippen molar-refractivity contribution in [2.45, 2.75) is 38.4 Å². The second-order valence-electron chi connectivity index (χ2n) is 5.89. The first-order chi connectivity index (χ1) is 10.1. The second kappa shape index (κ2) is 5.48. The van der Waals surface area contributed by atoms with Gasteiger partial charge in [-0.15, -0.1) is 0 Å². The lowest BCUT2D eigenvalue weighted by Gasteiger charge is -2.26. The van der Waals surface area contributed by atoms with Gasteiger partial charge in [0.05, 0.1) is 6.04 Å². The van der Waals surface area contributed by atoms with Gasteiger partial charge in [0.25, 0.3) is 0 Å². The van der Waals surface area contributed by atoms with E-state index in [-0.39, 0.29) is 24.4 Å². The lowest BCUT2D eigenvalue weighted by Crippen LogP contribution is -2.47. The van der Waals surface area contributed by atoms with Gasteiger partial charge in [0.1, 0.15) is 6.54 Å². The number of para-hydroxylation sites is 1. The van der Waals surface area contributed by atoms with Crippen molar-refractivity contribution < 1.29 is 9.59 Å². The molecule has 2 amide bonds. The van der Waals surface area contributed by atoms with Gasteiger partial charge in [-0.2, -0.15) is 0 Å². The maximum Gasteiger partial charge on any atom is 0.244 e. The SMILES string of the molecule is CC1NCc2ccccc2N(CC(=O)N(C)C2CC2)C1=O. The van der Waals surface area contributed by atoms with Gasteiger partial charge < -0.3 is 15.1 Å². The molecule has 1 heterocycles. The normalized spacial score (nSPS) is 21.7. The van der Waals surface area contributed by atoms with Crippen molar-refractivity contribution in [3.8, 4) is 0 Å². The van der Waals surface area contributed by atoms with Crippen molar-refractivity contribution in [2.75, 3.05) is 18.5 Å². The number of amides is 2. The van der Waals surface area contributed by atoms with Crippen LogP contribution in [0.25, 0.3) is 0 Å². The number of fused-ring (bicyclic) bond motifs is 1. The molecule has 1 saturated carbocycles. The number of nitrogens with zero attached hydrogens (tertiary/aromatic N) is 2. The van der Waals surface area contributed by atoms with Gasteiger partial charge in [-0.3, -0.25) is 9.59 Å². The van der Waals surface area contributed by atoms with Gasteiger partial charge in [-0.05, 0) is 31.4 Å². The number of benzene rings is 1. The zero-order valence-electron chi connectivity index (χ0n) is 12.5. The van der Waals surface area contributed by atoms with Gasteiger partial charge in [-0.25, -0.2) is 0 Å². The van der Waals surface area contributed by atoms with Crippen LogP contribution >= 0.6 is 0 Å². The molecule has 2 aliphatic rings. The van der Waals surface area contributed by atoms with Crippen LogP contribution in [0.1, 0.15) is 25.3 Å². The number of carbonyl (C=O) groups excluding carboxylic acids is 2. The van der Waals surface area contributed by atoms with Crippen LogP contribution in [-0.4, -0.2) is 42.4 Å². The van der Waals surface area contributed by atoms with Gasteiger partial charge in [-0.1, -0.05) is 18.2 Å². The molecule has 1 unspecified atom stereocenters. The third-order valence-electron chi connectivity index (χ3n) is 4.30. The molecule has 1 N–H and O–H groups in total. The first-order valence-corrected chi connectivity index (χ1v) is 7.46. The lowest BCUT2D eigenvalue weighted by atomic mass is 10.1. The Morgan fingerprint density at radius 1 is 1.38 bits per heavy atom. The summed E-state index contributed by atoms with van der Waals surface area (Å²) in [5.74, 6) is -0.0350. The predicted molar refractivity (Wildman–Crippen MR) is 80.9 cm³/mol. The van der Waals surface area contributed by atoms with E-state index in [9.17, 15) is 9.59 Å². The molecule has 1 fully saturated rings. The highest BCUT2D eigenvalue weighted by molar-refractivity contribution is 6.02. The summed E-state index contributed by atoms with van der Waals surface area (Å²) in [7, 11) is 1.83. The van der Waals surface area contributed by atoms with Crippen LogP contribution in [0.5, 0.6) is 0 Å². The Morgan fingerprint density at radius 3 is 2.81 bits per heavy atom. The summed E-state index contributed by atoms with van der Waals surface area (Å²) in [6, 6.07) is 7.86. The number of anilines is 1. The number of likely N-dealkylation sites (N-methyl/N-ethyl adjacent to an activating group) is 1. The Labute approximate surface area is 124 Å². The molecule has 0 aromatic heterocycles. The topological polar surface area (TPSA) is 52.7 Å². The summed E-state index contributed by atoms with van der Waals surface area (Å²) in [5.41, 5.74) is 1.90. The number of rotatable bonds is 3. The van der Waals surface area contributed by atoms with E-state index in [1.165, 1.54) is 0 Å². The highest BCUT2D eigenvalue weighted by Crippen LogP contribution is 2.27. The zero-order chi connectivity index (χ0) is 15.0. The summed E-state index contributed by atoms with van der Waals surface area (Å²) >= 11 is 0. The molecule has 112 valence electrons. The van der Waals surface area contributed by atoms with Gasteiger partial charge in [0.2, 0.25) is 11.8 Å². The molecule has 0 saturated heterocycles. The largest absolute Gasteiger partial charge is 0.341 e. The van der Waals surface area contributed by atoms with Crippen molar-refractivity contribution in [3.63, 3.8) is 0 Å². The molecule has 0 spiro atoms. The molecule has 0 bridgehead atoms. The molecule has 1 aliphatic carbocycles. The smallest absolute Gasteiger partial charge is 0.244 e. The molecule has 3 rings (SSSR count). The number of nitrogens with one attached hydrogen (secondary N) is 1. The minimum Gasteiger partial charge on any atom is -0.341 e. The average molecular weight is 287 g/mol. The molecule has 5 heteroatoms. The maximum atomic E-state index is 12.5. The highest BCUT2D eigenvalue weighted by Gasteiger charge is 2.33. The quantitative estimate of drug-likeness (QED) is 0.907. The molecule has 1 aromatic rings. The molecule has 5 nitrogen and oxygen atoms in total. The van der Waals surface area contributed by atoms with E-state index in [0.29, 0.717) is 12.6 Å². The molecule has 1 atom stereocenters. The first kappa shape index (κ1) is 14.1. The monoisotopic (exact) mass is 287 g/mol. The summed E-state index contributed by atoms with van der Waals surface area (Å²) < 4.78 is 0. The van der Waals surface area contributed by atoms with Gasteiger partial charge in [0, 0.05) is 25.3 Å². The predicted octanol–water partition coefficient (Wildman–Crippen LogP) is 1.13. The van der Waals surface area contributed by atoms with E-state index in [1.807, 2.05) is 38.2 Å². The van der Waals surface area contributed by atoms with Crippen molar-refractivity contribution in [1.29, 1.82) is 0 Å².